The number of nitrogen functional groups attached to an aromatic ring is 1. The van der Waals surface area contributed by atoms with Gasteiger partial charge in [-0.15, -0.1) is 0 Å². The van der Waals surface area contributed by atoms with Crippen LogP contribution in [0.5, 0.6) is 0 Å². The van der Waals surface area contributed by atoms with Crippen molar-refractivity contribution in [3.05, 3.63) is 58.9 Å². The average Bonchev–Trinajstić information content (AvgIpc) is 2.36. The van der Waals surface area contributed by atoms with Crippen molar-refractivity contribution in [3.63, 3.8) is 0 Å². The van der Waals surface area contributed by atoms with E-state index < -0.39 is 0 Å². The highest BCUT2D eigenvalue weighted by atomic mass is 19.1. The predicted molar refractivity (Wildman–Crippen MR) is 74.7 cm³/mol. The van der Waals surface area contributed by atoms with Crippen molar-refractivity contribution < 1.29 is 9.18 Å². The molecule has 0 radical (unpaired) electrons. The molecular formula is C15H15FN2O. The lowest BCUT2D eigenvalue weighted by Crippen LogP contribution is -2.13. The first-order valence-corrected chi connectivity index (χ1v) is 5.91. The Kier molecular flexibility index (Phi) is 3.51. The van der Waals surface area contributed by atoms with Gasteiger partial charge in [-0.3, -0.25) is 4.79 Å². The molecule has 2 aromatic rings. The second-order valence-corrected chi connectivity index (χ2v) is 4.48. The maximum atomic E-state index is 12.8. The van der Waals surface area contributed by atoms with Crippen molar-refractivity contribution in [2.24, 2.45) is 0 Å². The van der Waals surface area contributed by atoms with Gasteiger partial charge in [-0.25, -0.2) is 4.39 Å². The summed E-state index contributed by atoms with van der Waals surface area (Å²) in [6.45, 7) is 3.75. The second kappa shape index (κ2) is 5.10. The molecule has 98 valence electrons. The van der Waals surface area contributed by atoms with Gasteiger partial charge in [0.15, 0.2) is 0 Å². The Morgan fingerprint density at radius 3 is 2.37 bits per heavy atom. The number of anilines is 2. The van der Waals surface area contributed by atoms with E-state index in [4.69, 9.17) is 5.73 Å². The lowest BCUT2D eigenvalue weighted by Gasteiger charge is -2.11. The number of halogens is 1. The molecule has 0 fully saturated rings. The summed E-state index contributed by atoms with van der Waals surface area (Å²) < 4.78 is 12.8. The molecule has 0 aliphatic carbocycles. The third-order valence-corrected chi connectivity index (χ3v) is 2.97. The van der Waals surface area contributed by atoms with Crippen molar-refractivity contribution in [3.8, 4) is 0 Å². The van der Waals surface area contributed by atoms with Gasteiger partial charge >= 0.3 is 0 Å². The maximum Gasteiger partial charge on any atom is 0.255 e. The van der Waals surface area contributed by atoms with Crippen LogP contribution in [0.15, 0.2) is 36.4 Å². The van der Waals surface area contributed by atoms with E-state index in [2.05, 4.69) is 5.32 Å². The molecule has 0 saturated carbocycles. The number of carbonyl (C=O) groups excluding carboxylic acids is 1. The summed E-state index contributed by atoms with van der Waals surface area (Å²) in [6, 6.07) is 9.06. The molecular weight excluding hydrogens is 243 g/mol. The molecule has 0 spiro atoms. The van der Waals surface area contributed by atoms with E-state index in [-0.39, 0.29) is 11.7 Å². The van der Waals surface area contributed by atoms with E-state index in [1.165, 1.54) is 24.3 Å². The Morgan fingerprint density at radius 2 is 1.74 bits per heavy atom. The van der Waals surface area contributed by atoms with E-state index in [9.17, 15) is 9.18 Å². The third-order valence-electron chi connectivity index (χ3n) is 2.97. The molecule has 0 unspecified atom stereocenters. The molecule has 0 saturated heterocycles. The van der Waals surface area contributed by atoms with E-state index in [0.29, 0.717) is 16.9 Å². The largest absolute Gasteiger partial charge is 0.399 e. The molecule has 0 atom stereocenters. The topological polar surface area (TPSA) is 55.1 Å². The van der Waals surface area contributed by atoms with Crippen LogP contribution in [0.1, 0.15) is 21.5 Å². The number of benzene rings is 2. The molecule has 19 heavy (non-hydrogen) atoms. The van der Waals surface area contributed by atoms with Crippen molar-refractivity contribution >= 4 is 17.3 Å². The fourth-order valence-electron chi connectivity index (χ4n) is 1.77. The smallest absolute Gasteiger partial charge is 0.255 e. The number of hydrogen-bond acceptors (Lipinski definition) is 2. The minimum atomic E-state index is -0.365. The predicted octanol–water partition coefficient (Wildman–Crippen LogP) is 3.28. The summed E-state index contributed by atoms with van der Waals surface area (Å²) in [6.07, 6.45) is 0. The van der Waals surface area contributed by atoms with Crippen LogP contribution in [0.2, 0.25) is 0 Å². The molecule has 1 amide bonds. The van der Waals surface area contributed by atoms with Crippen LogP contribution < -0.4 is 11.1 Å². The molecule has 0 aliphatic rings. The summed E-state index contributed by atoms with van der Waals surface area (Å²) in [5.41, 5.74) is 9.40. The zero-order valence-corrected chi connectivity index (χ0v) is 10.8. The highest BCUT2D eigenvalue weighted by Crippen LogP contribution is 2.22. The van der Waals surface area contributed by atoms with Gasteiger partial charge < -0.3 is 11.1 Å². The van der Waals surface area contributed by atoms with Gasteiger partial charge in [0.05, 0.1) is 0 Å². The number of nitrogens with one attached hydrogen (secondary N) is 1. The van der Waals surface area contributed by atoms with Crippen molar-refractivity contribution in [1.82, 2.24) is 0 Å². The van der Waals surface area contributed by atoms with Crippen LogP contribution in [0.4, 0.5) is 15.8 Å². The van der Waals surface area contributed by atoms with Gasteiger partial charge in [0.25, 0.3) is 5.91 Å². The van der Waals surface area contributed by atoms with Crippen molar-refractivity contribution in [2.75, 3.05) is 11.1 Å². The monoisotopic (exact) mass is 258 g/mol. The van der Waals surface area contributed by atoms with Crippen molar-refractivity contribution in [1.29, 1.82) is 0 Å². The zero-order chi connectivity index (χ0) is 14.0. The molecule has 0 heterocycles. The number of carbonyl (C=O) groups is 1. The number of amides is 1. The Balaban J connectivity index is 2.24. The molecule has 4 heteroatoms. The lowest BCUT2D eigenvalue weighted by molar-refractivity contribution is 0.102. The van der Waals surface area contributed by atoms with Gasteiger partial charge in [-0.1, -0.05) is 0 Å². The fourth-order valence-corrected chi connectivity index (χ4v) is 1.77. The number of nitrogens with two attached hydrogens (primary N) is 1. The third kappa shape index (κ3) is 2.91. The zero-order valence-electron chi connectivity index (χ0n) is 10.8. The Hall–Kier alpha value is -2.36. The van der Waals surface area contributed by atoms with Gasteiger partial charge in [0.2, 0.25) is 0 Å². The van der Waals surface area contributed by atoms with E-state index in [0.717, 1.165) is 11.1 Å². The summed E-state index contributed by atoms with van der Waals surface area (Å²) in [4.78, 5) is 12.0. The summed E-state index contributed by atoms with van der Waals surface area (Å²) in [7, 11) is 0. The van der Waals surface area contributed by atoms with Crippen LogP contribution in [0.3, 0.4) is 0 Å². The average molecular weight is 258 g/mol. The standard InChI is InChI=1S/C15H15FN2O/c1-9-8-14(10(2)7-13(9)17)18-15(19)11-3-5-12(16)6-4-11/h3-8H,17H2,1-2H3,(H,18,19). The van der Waals surface area contributed by atoms with E-state index in [1.807, 2.05) is 26.0 Å². The van der Waals surface area contributed by atoms with Gasteiger partial charge in [-0.2, -0.15) is 0 Å². The molecule has 2 rings (SSSR count). The SMILES string of the molecule is Cc1cc(NC(=O)c2ccc(F)cc2)c(C)cc1N. The molecule has 3 nitrogen and oxygen atoms in total. The van der Waals surface area contributed by atoms with E-state index >= 15 is 0 Å². The first-order valence-electron chi connectivity index (χ1n) is 5.91. The molecule has 0 bridgehead atoms. The maximum absolute atomic E-state index is 12.8. The second-order valence-electron chi connectivity index (χ2n) is 4.48. The Labute approximate surface area is 111 Å². The Bertz CT molecular complexity index is 621. The number of hydrogen-bond donors (Lipinski definition) is 2. The van der Waals surface area contributed by atoms with Crippen LogP contribution in [0.25, 0.3) is 0 Å². The van der Waals surface area contributed by atoms with Gasteiger partial charge in [0, 0.05) is 16.9 Å². The van der Waals surface area contributed by atoms with Crippen LogP contribution >= 0.6 is 0 Å². The van der Waals surface area contributed by atoms with E-state index in [1.54, 1.807) is 0 Å². The number of aryl methyl sites for hydroxylation is 2. The normalized spacial score (nSPS) is 10.3. The fraction of sp³-hybridized carbons (Fsp3) is 0.133. The lowest BCUT2D eigenvalue weighted by atomic mass is 10.1. The first kappa shape index (κ1) is 13.1. The van der Waals surface area contributed by atoms with Gasteiger partial charge in [0.1, 0.15) is 5.82 Å². The summed E-state index contributed by atoms with van der Waals surface area (Å²) in [5, 5.41) is 2.80. The van der Waals surface area contributed by atoms with Gasteiger partial charge in [-0.05, 0) is 61.4 Å². The number of rotatable bonds is 2. The highest BCUT2D eigenvalue weighted by molar-refractivity contribution is 6.04. The Morgan fingerprint density at radius 1 is 1.11 bits per heavy atom. The van der Waals surface area contributed by atoms with Crippen LogP contribution in [-0.2, 0) is 0 Å². The molecule has 3 N–H and O–H groups in total. The molecule has 0 aromatic heterocycles. The summed E-state index contributed by atoms with van der Waals surface area (Å²) in [5.74, 6) is -0.636. The molecule has 2 aromatic carbocycles. The minimum Gasteiger partial charge on any atom is -0.399 e. The molecule has 0 aliphatic heterocycles. The van der Waals surface area contributed by atoms with Crippen LogP contribution in [-0.4, -0.2) is 5.91 Å². The highest BCUT2D eigenvalue weighted by Gasteiger charge is 2.09. The van der Waals surface area contributed by atoms with Crippen LogP contribution in [0, 0.1) is 19.7 Å². The first-order chi connectivity index (χ1) is 8.97. The summed E-state index contributed by atoms with van der Waals surface area (Å²) >= 11 is 0. The minimum absolute atomic E-state index is 0.271. The quantitative estimate of drug-likeness (QED) is 0.812. The van der Waals surface area contributed by atoms with Crippen molar-refractivity contribution in [2.45, 2.75) is 13.8 Å².